The topological polar surface area (TPSA) is 71.2 Å². The maximum Gasteiger partial charge on any atom is 0.155 e. The lowest BCUT2D eigenvalue weighted by Crippen LogP contribution is -2.32. The van der Waals surface area contributed by atoms with Gasteiger partial charge >= 0.3 is 0 Å². The summed E-state index contributed by atoms with van der Waals surface area (Å²) >= 11 is 0. The quantitative estimate of drug-likeness (QED) is 0.535. The van der Waals surface area contributed by atoms with Crippen molar-refractivity contribution in [2.75, 3.05) is 18.4 Å². The molecule has 7 nitrogen and oxygen atoms in total. The number of aromatic nitrogens is 5. The predicted octanol–water partition coefficient (Wildman–Crippen LogP) is 3.51. The predicted molar refractivity (Wildman–Crippen MR) is 116 cm³/mol. The molecule has 4 aromatic rings. The van der Waals surface area contributed by atoms with E-state index >= 15 is 0 Å². The van der Waals surface area contributed by atoms with Gasteiger partial charge in [0.1, 0.15) is 0 Å². The summed E-state index contributed by atoms with van der Waals surface area (Å²) in [5.41, 5.74) is 4.34. The van der Waals surface area contributed by atoms with Gasteiger partial charge in [-0.05, 0) is 61.3 Å². The molecular formula is C23H25N7. The molecule has 0 saturated carbocycles. The fraction of sp³-hybridized carbons (Fsp3) is 0.304. The van der Waals surface area contributed by atoms with Crippen LogP contribution in [-0.2, 0) is 13.1 Å². The summed E-state index contributed by atoms with van der Waals surface area (Å²) in [5.74, 6) is 1.38. The number of nitrogens with zero attached hydrogens (tertiary/aromatic N) is 6. The highest BCUT2D eigenvalue weighted by atomic mass is 15.3. The molecule has 1 aliphatic heterocycles. The summed E-state index contributed by atoms with van der Waals surface area (Å²) in [5, 5.41) is 8.22. The minimum atomic E-state index is 0.418. The number of hydrogen-bond donors (Lipinski definition) is 1. The third kappa shape index (κ3) is 4.31. The van der Waals surface area contributed by atoms with Gasteiger partial charge in [0.05, 0.1) is 11.9 Å². The lowest BCUT2D eigenvalue weighted by Gasteiger charge is -2.30. The van der Waals surface area contributed by atoms with Gasteiger partial charge in [-0.1, -0.05) is 12.1 Å². The van der Waals surface area contributed by atoms with Crippen LogP contribution in [0.5, 0.6) is 0 Å². The third-order valence-corrected chi connectivity index (χ3v) is 5.65. The van der Waals surface area contributed by atoms with E-state index in [1.54, 1.807) is 6.20 Å². The van der Waals surface area contributed by atoms with Crippen molar-refractivity contribution in [3.05, 3.63) is 84.3 Å². The average molecular weight is 400 g/mol. The van der Waals surface area contributed by atoms with Crippen molar-refractivity contribution in [2.45, 2.75) is 31.8 Å². The summed E-state index contributed by atoms with van der Waals surface area (Å²) in [6.45, 7) is 3.82. The number of piperidine rings is 1. The smallest absolute Gasteiger partial charge is 0.155 e. The number of likely N-dealkylation sites (tertiary alicyclic amines) is 1. The van der Waals surface area contributed by atoms with E-state index in [1.165, 1.54) is 5.56 Å². The maximum absolute atomic E-state index is 4.79. The Morgan fingerprint density at radius 3 is 2.43 bits per heavy atom. The van der Waals surface area contributed by atoms with Gasteiger partial charge < -0.3 is 5.32 Å². The summed E-state index contributed by atoms with van der Waals surface area (Å²) in [4.78, 5) is 15.7. The number of fused-ring (bicyclic) bond motifs is 1. The molecule has 1 aliphatic rings. The minimum Gasteiger partial charge on any atom is -0.380 e. The van der Waals surface area contributed by atoms with Gasteiger partial charge in [0.2, 0.25) is 0 Å². The third-order valence-electron chi connectivity index (χ3n) is 5.65. The largest absolute Gasteiger partial charge is 0.380 e. The molecule has 0 bridgehead atoms. The Morgan fingerprint density at radius 2 is 1.70 bits per heavy atom. The molecule has 4 aromatic heterocycles. The number of pyridine rings is 3. The van der Waals surface area contributed by atoms with Gasteiger partial charge in [0.15, 0.2) is 11.5 Å². The van der Waals surface area contributed by atoms with Crippen LogP contribution in [0.4, 0.5) is 5.69 Å². The second-order valence-corrected chi connectivity index (χ2v) is 7.82. The zero-order valence-corrected chi connectivity index (χ0v) is 16.9. The Balaban J connectivity index is 1.21. The molecule has 0 aromatic carbocycles. The zero-order chi connectivity index (χ0) is 20.2. The van der Waals surface area contributed by atoms with E-state index in [1.807, 2.05) is 47.5 Å². The molecule has 7 heteroatoms. The van der Waals surface area contributed by atoms with E-state index in [0.29, 0.717) is 5.92 Å². The highest BCUT2D eigenvalue weighted by Crippen LogP contribution is 2.27. The van der Waals surface area contributed by atoms with Crippen molar-refractivity contribution >= 4 is 11.3 Å². The minimum absolute atomic E-state index is 0.418. The Morgan fingerprint density at radius 1 is 0.933 bits per heavy atom. The first-order chi connectivity index (χ1) is 14.8. The second kappa shape index (κ2) is 8.59. The molecule has 5 heterocycles. The average Bonchev–Trinajstić information content (AvgIpc) is 3.23. The van der Waals surface area contributed by atoms with Gasteiger partial charge in [-0.15, -0.1) is 0 Å². The molecule has 1 saturated heterocycles. The van der Waals surface area contributed by atoms with E-state index in [9.17, 15) is 0 Å². The fourth-order valence-electron chi connectivity index (χ4n) is 3.98. The van der Waals surface area contributed by atoms with Crippen molar-refractivity contribution < 1.29 is 0 Å². The first kappa shape index (κ1) is 18.7. The summed E-state index contributed by atoms with van der Waals surface area (Å²) in [6.07, 6.45) is 11.6. The summed E-state index contributed by atoms with van der Waals surface area (Å²) in [7, 11) is 0. The van der Waals surface area contributed by atoms with Gasteiger partial charge in [-0.25, -0.2) is 9.50 Å². The number of nitrogens with one attached hydrogen (secondary N) is 1. The Kier molecular flexibility index (Phi) is 5.35. The molecule has 1 N–H and O–H groups in total. The molecule has 0 atom stereocenters. The number of rotatable bonds is 6. The van der Waals surface area contributed by atoms with Crippen LogP contribution < -0.4 is 5.32 Å². The van der Waals surface area contributed by atoms with Crippen LogP contribution in [0.25, 0.3) is 5.65 Å². The number of hydrogen-bond acceptors (Lipinski definition) is 6. The molecule has 1 fully saturated rings. The van der Waals surface area contributed by atoms with Crippen molar-refractivity contribution in [3.63, 3.8) is 0 Å². The van der Waals surface area contributed by atoms with Gasteiger partial charge in [-0.3, -0.25) is 14.9 Å². The first-order valence-electron chi connectivity index (χ1n) is 10.4. The highest BCUT2D eigenvalue weighted by Gasteiger charge is 2.24. The van der Waals surface area contributed by atoms with E-state index in [2.05, 4.69) is 38.4 Å². The van der Waals surface area contributed by atoms with E-state index in [0.717, 1.165) is 61.7 Å². The van der Waals surface area contributed by atoms with Crippen molar-refractivity contribution in [1.82, 2.24) is 29.5 Å². The van der Waals surface area contributed by atoms with Gasteiger partial charge in [0.25, 0.3) is 0 Å². The monoisotopic (exact) mass is 399 g/mol. The van der Waals surface area contributed by atoms with Crippen LogP contribution in [0.1, 0.15) is 35.7 Å². The molecule has 0 radical (unpaired) electrons. The van der Waals surface area contributed by atoms with Crippen LogP contribution in [0.15, 0.2) is 67.4 Å². The van der Waals surface area contributed by atoms with Crippen molar-refractivity contribution in [1.29, 1.82) is 0 Å². The lowest BCUT2D eigenvalue weighted by atomic mass is 9.96. The first-order valence-corrected chi connectivity index (χ1v) is 10.4. The molecule has 30 heavy (non-hydrogen) atoms. The lowest BCUT2D eigenvalue weighted by molar-refractivity contribution is 0.201. The number of anilines is 1. The molecule has 5 rings (SSSR count). The molecular weight excluding hydrogens is 374 g/mol. The van der Waals surface area contributed by atoms with Gasteiger partial charge in [0, 0.05) is 43.8 Å². The normalized spacial score (nSPS) is 15.5. The second-order valence-electron chi connectivity index (χ2n) is 7.82. The molecule has 0 aliphatic carbocycles. The van der Waals surface area contributed by atoms with E-state index in [-0.39, 0.29) is 0 Å². The van der Waals surface area contributed by atoms with E-state index in [4.69, 9.17) is 10.1 Å². The summed E-state index contributed by atoms with van der Waals surface area (Å²) < 4.78 is 1.89. The molecule has 0 amide bonds. The van der Waals surface area contributed by atoms with Crippen LogP contribution in [0.3, 0.4) is 0 Å². The molecule has 0 unspecified atom stereocenters. The van der Waals surface area contributed by atoms with Crippen LogP contribution in [0, 0.1) is 0 Å². The van der Waals surface area contributed by atoms with Gasteiger partial charge in [-0.2, -0.15) is 5.10 Å². The molecule has 0 spiro atoms. The Bertz CT molecular complexity index is 1090. The highest BCUT2D eigenvalue weighted by molar-refractivity contribution is 5.49. The van der Waals surface area contributed by atoms with Crippen molar-refractivity contribution in [3.8, 4) is 0 Å². The standard InChI is InChI=1S/C23H25N7/c1-3-18(13-24-9-1)15-26-21-5-6-22-27-23(28-30(22)17-21)20-7-11-29(12-8-20)16-19-4-2-10-25-14-19/h1-6,9-10,13-14,17,20,26H,7-8,11-12,15-16H2. The fourth-order valence-corrected chi connectivity index (χ4v) is 3.98. The molecule has 152 valence electrons. The Labute approximate surface area is 175 Å². The van der Waals surface area contributed by atoms with Crippen LogP contribution in [-0.4, -0.2) is 42.6 Å². The SMILES string of the molecule is c1cncc(CNc2ccc3nc(C4CCN(Cc5cccnc5)CC4)nn3c2)c1. The van der Waals surface area contributed by atoms with E-state index < -0.39 is 0 Å². The van der Waals surface area contributed by atoms with Crippen molar-refractivity contribution in [2.24, 2.45) is 0 Å². The summed E-state index contributed by atoms with van der Waals surface area (Å²) in [6, 6.07) is 12.2. The Hall–Kier alpha value is -3.32. The van der Waals surface area contributed by atoms with Crippen LogP contribution >= 0.6 is 0 Å². The maximum atomic E-state index is 4.79. The van der Waals surface area contributed by atoms with Crippen LogP contribution in [0.2, 0.25) is 0 Å². The zero-order valence-electron chi connectivity index (χ0n) is 16.9.